The lowest BCUT2D eigenvalue weighted by Crippen LogP contribution is -2.17. The van der Waals surface area contributed by atoms with Crippen molar-refractivity contribution in [3.63, 3.8) is 0 Å². The van der Waals surface area contributed by atoms with Gasteiger partial charge in [0, 0.05) is 105 Å². The van der Waals surface area contributed by atoms with Crippen molar-refractivity contribution in [2.45, 2.75) is 26.2 Å². The minimum Gasteiger partial charge on any atom is -0.455 e. The van der Waals surface area contributed by atoms with Crippen molar-refractivity contribution in [2.24, 2.45) is 0 Å². The van der Waals surface area contributed by atoms with Gasteiger partial charge in [-0.05, 0) is 225 Å². The van der Waals surface area contributed by atoms with Crippen LogP contribution < -0.4 is 9.80 Å². The first-order valence-corrected chi connectivity index (χ1v) is 38.6. The standard InChI is InChI=1S/C106H72N4O2/c1-67-61-74(69-37-48-78(49-38-69)107(79-52-41-71(42-53-79)84-26-17-28-93-91-24-10-15-33-102(91)111-104(84)93)77-46-35-68(36-47-77)73-45-60-101-95(64-73)90-23-9-14-32-100(90)109(101)76-19-5-4-6-20-76)63-75(62-67)70-39-50-80(51-40-70)108(81-54-43-72(44-55-81)85-27-18-29-94-92-25-11-16-34-103(92)112-105(85)94)82-56-58-86-87-59-57-83(66-97(87)106(2,3)96(86)65-82)110-98-30-12-7-21-88(98)89-22-8-13-31-99(89)110/h4-66H,1-3H3. The molecule has 112 heavy (non-hydrogen) atoms. The molecule has 6 nitrogen and oxygen atoms in total. The number of anilines is 6. The summed E-state index contributed by atoms with van der Waals surface area (Å²) in [5, 5.41) is 9.45. The highest BCUT2D eigenvalue weighted by Gasteiger charge is 2.37. The summed E-state index contributed by atoms with van der Waals surface area (Å²) in [6.45, 7) is 6.99. The van der Waals surface area contributed by atoms with E-state index in [2.05, 4.69) is 404 Å². The highest BCUT2D eigenvalue weighted by Crippen LogP contribution is 2.53. The van der Waals surface area contributed by atoms with Gasteiger partial charge in [0.15, 0.2) is 0 Å². The molecule has 21 aromatic rings. The number of nitrogens with zero attached hydrogens (tertiary/aromatic N) is 4. The van der Waals surface area contributed by atoms with E-state index in [1.54, 1.807) is 0 Å². The van der Waals surface area contributed by atoms with E-state index in [1.165, 1.54) is 82.7 Å². The smallest absolute Gasteiger partial charge is 0.143 e. The zero-order chi connectivity index (χ0) is 74.3. The lowest BCUT2D eigenvalue weighted by molar-refractivity contribution is 0.660. The quantitative estimate of drug-likeness (QED) is 0.115. The molecule has 0 saturated carbocycles. The Hall–Kier alpha value is -14.5. The minimum atomic E-state index is -0.304. The van der Waals surface area contributed by atoms with Crippen LogP contribution in [-0.4, -0.2) is 9.13 Å². The second kappa shape index (κ2) is 25.6. The Morgan fingerprint density at radius 2 is 0.598 bits per heavy atom. The molecule has 528 valence electrons. The van der Waals surface area contributed by atoms with Crippen molar-refractivity contribution >= 4 is 122 Å². The molecule has 22 rings (SSSR count). The van der Waals surface area contributed by atoms with Gasteiger partial charge in [-0.15, -0.1) is 0 Å². The van der Waals surface area contributed by atoms with Crippen molar-refractivity contribution in [1.29, 1.82) is 0 Å². The van der Waals surface area contributed by atoms with Crippen molar-refractivity contribution in [1.82, 2.24) is 9.13 Å². The molecule has 0 saturated heterocycles. The van der Waals surface area contributed by atoms with E-state index in [-0.39, 0.29) is 5.41 Å². The number of aromatic nitrogens is 2. The Balaban J connectivity index is 0.601. The van der Waals surface area contributed by atoms with Crippen molar-refractivity contribution < 1.29 is 8.83 Å². The van der Waals surface area contributed by atoms with Gasteiger partial charge in [-0.25, -0.2) is 0 Å². The molecule has 0 spiro atoms. The van der Waals surface area contributed by atoms with E-state index in [4.69, 9.17) is 8.83 Å². The predicted octanol–water partition coefficient (Wildman–Crippen LogP) is 29.6. The first-order valence-electron chi connectivity index (χ1n) is 38.6. The summed E-state index contributed by atoms with van der Waals surface area (Å²) in [5.41, 5.74) is 34.3. The van der Waals surface area contributed by atoms with Crippen molar-refractivity contribution in [3.8, 4) is 78.1 Å². The molecule has 1 aliphatic rings. The fraction of sp³-hybridized carbons (Fsp3) is 0.0377. The predicted molar refractivity (Wildman–Crippen MR) is 469 cm³/mol. The molecule has 17 aromatic carbocycles. The minimum absolute atomic E-state index is 0.304. The third kappa shape index (κ3) is 10.5. The molecular weight excluding hydrogens is 1360 g/mol. The first-order chi connectivity index (χ1) is 55.2. The topological polar surface area (TPSA) is 42.6 Å². The van der Waals surface area contributed by atoms with E-state index >= 15 is 0 Å². The molecule has 0 amide bonds. The van der Waals surface area contributed by atoms with Crippen LogP contribution in [0.5, 0.6) is 0 Å². The molecular formula is C106H72N4O2. The van der Waals surface area contributed by atoms with E-state index in [0.29, 0.717) is 0 Å². The van der Waals surface area contributed by atoms with Crippen LogP contribution in [0.2, 0.25) is 0 Å². The van der Waals surface area contributed by atoms with Crippen LogP contribution in [-0.2, 0) is 5.41 Å². The van der Waals surface area contributed by atoms with Gasteiger partial charge in [0.05, 0.1) is 22.1 Å². The van der Waals surface area contributed by atoms with Crippen LogP contribution in [0, 0.1) is 6.92 Å². The molecule has 0 fully saturated rings. The van der Waals surface area contributed by atoms with Gasteiger partial charge in [0.1, 0.15) is 22.3 Å². The number of fused-ring (bicyclic) bond motifs is 15. The fourth-order valence-electron chi connectivity index (χ4n) is 18.1. The Morgan fingerprint density at radius 3 is 1.10 bits per heavy atom. The number of furan rings is 2. The molecule has 1 aliphatic carbocycles. The van der Waals surface area contributed by atoms with E-state index in [1.807, 2.05) is 18.2 Å². The van der Waals surface area contributed by atoms with Crippen LogP contribution in [0.1, 0.15) is 30.5 Å². The van der Waals surface area contributed by atoms with Gasteiger partial charge >= 0.3 is 0 Å². The molecule has 4 heterocycles. The normalized spacial score (nSPS) is 12.5. The van der Waals surface area contributed by atoms with Crippen molar-refractivity contribution in [2.75, 3.05) is 9.80 Å². The van der Waals surface area contributed by atoms with E-state index in [9.17, 15) is 0 Å². The Labute approximate surface area is 648 Å². The largest absolute Gasteiger partial charge is 0.455 e. The van der Waals surface area contributed by atoms with E-state index < -0.39 is 0 Å². The monoisotopic (exact) mass is 1430 g/mol. The maximum atomic E-state index is 6.59. The highest BCUT2D eigenvalue weighted by atomic mass is 16.3. The number of aryl methyl sites for hydroxylation is 1. The summed E-state index contributed by atoms with van der Waals surface area (Å²) in [7, 11) is 0. The van der Waals surface area contributed by atoms with Crippen LogP contribution in [0.3, 0.4) is 0 Å². The zero-order valence-corrected chi connectivity index (χ0v) is 62.0. The van der Waals surface area contributed by atoms with Crippen LogP contribution in [0.15, 0.2) is 391 Å². The van der Waals surface area contributed by atoms with Crippen LogP contribution in [0.4, 0.5) is 34.1 Å². The van der Waals surface area contributed by atoms with Crippen LogP contribution >= 0.6 is 0 Å². The van der Waals surface area contributed by atoms with Crippen molar-refractivity contribution in [3.05, 3.63) is 399 Å². The third-order valence-corrected chi connectivity index (χ3v) is 23.6. The fourth-order valence-corrected chi connectivity index (χ4v) is 18.1. The summed E-state index contributed by atoms with van der Waals surface area (Å²) >= 11 is 0. The summed E-state index contributed by atoms with van der Waals surface area (Å²) in [6, 6.07) is 140. The zero-order valence-electron chi connectivity index (χ0n) is 62.0. The molecule has 0 N–H and O–H groups in total. The first kappa shape index (κ1) is 64.7. The number of rotatable bonds is 13. The summed E-state index contributed by atoms with van der Waals surface area (Å²) < 4.78 is 18.0. The highest BCUT2D eigenvalue weighted by molar-refractivity contribution is 6.13. The summed E-state index contributed by atoms with van der Waals surface area (Å²) in [6.07, 6.45) is 0. The molecule has 6 heteroatoms. The number of para-hydroxylation sites is 8. The Bertz CT molecular complexity index is 7270. The average Bonchev–Trinajstić information content (AvgIpc) is 1.56. The molecule has 0 radical (unpaired) electrons. The summed E-state index contributed by atoms with van der Waals surface area (Å²) in [5.74, 6) is 0. The SMILES string of the molecule is Cc1cc(-c2ccc(N(c3ccc(-c4ccc5c(c4)c4ccccc4n5-c4ccccc4)cc3)c3ccc(-c4cccc5c4oc4ccccc45)cc3)cc2)cc(-c2ccc(N(c3ccc(-c4cccc5c4oc4ccccc45)cc3)c3ccc4c(c3)C(C)(C)c3cc(-n5c6ccccc6c6ccccc65)ccc3-4)cc2)c1. The van der Waals surface area contributed by atoms with Gasteiger partial charge in [-0.1, -0.05) is 250 Å². The Morgan fingerprint density at radius 1 is 0.232 bits per heavy atom. The molecule has 0 unspecified atom stereocenters. The third-order valence-electron chi connectivity index (χ3n) is 23.6. The molecule has 0 bridgehead atoms. The molecule has 4 aromatic heterocycles. The lowest BCUT2D eigenvalue weighted by Gasteiger charge is -2.28. The Kier molecular flexibility index (Phi) is 14.8. The van der Waals surface area contributed by atoms with Gasteiger partial charge in [0.25, 0.3) is 0 Å². The van der Waals surface area contributed by atoms with Gasteiger partial charge in [-0.3, -0.25) is 0 Å². The second-order valence-corrected chi connectivity index (χ2v) is 30.4. The molecule has 0 atom stereocenters. The van der Waals surface area contributed by atoms with Gasteiger partial charge in [-0.2, -0.15) is 0 Å². The van der Waals surface area contributed by atoms with E-state index in [0.717, 1.165) is 134 Å². The average molecular weight is 1430 g/mol. The maximum absolute atomic E-state index is 6.59. The lowest BCUT2D eigenvalue weighted by atomic mass is 9.82. The number of hydrogen-bond acceptors (Lipinski definition) is 4. The molecule has 0 aliphatic heterocycles. The number of hydrogen-bond donors (Lipinski definition) is 0. The second-order valence-electron chi connectivity index (χ2n) is 30.4. The van der Waals surface area contributed by atoms with Gasteiger partial charge < -0.3 is 27.8 Å². The maximum Gasteiger partial charge on any atom is 0.143 e. The summed E-state index contributed by atoms with van der Waals surface area (Å²) in [4.78, 5) is 4.79. The van der Waals surface area contributed by atoms with Gasteiger partial charge in [0.2, 0.25) is 0 Å². The van der Waals surface area contributed by atoms with Crippen LogP contribution in [0.25, 0.3) is 166 Å². The number of benzene rings is 17.